The van der Waals surface area contributed by atoms with Crippen molar-refractivity contribution in [2.24, 2.45) is 0 Å². The lowest BCUT2D eigenvalue weighted by Crippen LogP contribution is -2.37. The predicted octanol–water partition coefficient (Wildman–Crippen LogP) is 4.37. The van der Waals surface area contributed by atoms with Crippen LogP contribution in [0.25, 0.3) is 0 Å². The summed E-state index contributed by atoms with van der Waals surface area (Å²) in [6.07, 6.45) is 3.37. The van der Waals surface area contributed by atoms with E-state index in [1.54, 1.807) is 12.1 Å². The fraction of sp³-hybridized carbons (Fsp3) is 0.600. The van der Waals surface area contributed by atoms with E-state index in [0.29, 0.717) is 17.4 Å². The Kier molecular flexibility index (Phi) is 4.61. The van der Waals surface area contributed by atoms with Crippen molar-refractivity contribution < 1.29 is 8.78 Å². The van der Waals surface area contributed by atoms with Gasteiger partial charge in [0.1, 0.15) is 0 Å². The molecule has 0 heterocycles. The number of nitrogens with zero attached hydrogens (tertiary/aromatic N) is 1. The first-order chi connectivity index (χ1) is 9.13. The molecule has 2 N–H and O–H groups in total. The highest BCUT2D eigenvalue weighted by atomic mass is 19.3. The van der Waals surface area contributed by atoms with E-state index in [0.717, 1.165) is 19.4 Å². The van der Waals surface area contributed by atoms with E-state index in [2.05, 4.69) is 4.90 Å². The van der Waals surface area contributed by atoms with Gasteiger partial charge in [-0.15, -0.1) is 0 Å². The van der Waals surface area contributed by atoms with Crippen molar-refractivity contribution in [3.8, 4) is 0 Å². The number of nitrogen functional groups attached to an aromatic ring is 1. The molecule has 1 aromatic carbocycles. The molecule has 0 bridgehead atoms. The molecule has 0 atom stereocenters. The normalized spacial score (nSPS) is 16.8. The Morgan fingerprint density at radius 1 is 1.26 bits per heavy atom. The number of hydrogen-bond acceptors (Lipinski definition) is 2. The van der Waals surface area contributed by atoms with Crippen LogP contribution in [0.1, 0.15) is 51.0 Å². The van der Waals surface area contributed by atoms with Gasteiger partial charge in [-0.2, -0.15) is 0 Å². The van der Waals surface area contributed by atoms with Gasteiger partial charge in [0.05, 0.1) is 0 Å². The number of halogens is 2. The molecule has 1 aromatic rings. The summed E-state index contributed by atoms with van der Waals surface area (Å²) in [6, 6.07) is 5.26. The van der Waals surface area contributed by atoms with E-state index in [4.69, 9.17) is 5.73 Å². The minimum absolute atomic E-state index is 0.0624. The number of rotatable bonds is 4. The Bertz CT molecular complexity index is 415. The van der Waals surface area contributed by atoms with Crippen LogP contribution in [0, 0.1) is 0 Å². The zero-order chi connectivity index (χ0) is 13.8. The van der Waals surface area contributed by atoms with Gasteiger partial charge < -0.3 is 10.6 Å². The molecular weight excluding hydrogens is 246 g/mol. The van der Waals surface area contributed by atoms with Crippen molar-refractivity contribution >= 4 is 11.4 Å². The molecule has 19 heavy (non-hydrogen) atoms. The van der Waals surface area contributed by atoms with E-state index in [9.17, 15) is 8.78 Å². The number of alkyl halides is 2. The summed E-state index contributed by atoms with van der Waals surface area (Å²) in [5.41, 5.74) is 6.75. The number of nitrogens with two attached hydrogens (primary N) is 1. The minimum Gasteiger partial charge on any atom is -0.399 e. The molecule has 106 valence electrons. The van der Waals surface area contributed by atoms with Crippen molar-refractivity contribution in [3.05, 3.63) is 23.8 Å². The maximum Gasteiger partial charge on any atom is 0.265 e. The first-order valence-electron chi connectivity index (χ1n) is 7.07. The van der Waals surface area contributed by atoms with Crippen LogP contribution in [-0.4, -0.2) is 12.6 Å². The van der Waals surface area contributed by atoms with Gasteiger partial charge in [-0.25, -0.2) is 8.78 Å². The third-order valence-electron chi connectivity index (χ3n) is 3.95. The summed E-state index contributed by atoms with van der Waals surface area (Å²) in [7, 11) is 0. The van der Waals surface area contributed by atoms with E-state index in [1.165, 1.54) is 25.3 Å². The summed E-state index contributed by atoms with van der Waals surface area (Å²) >= 11 is 0. The van der Waals surface area contributed by atoms with Crippen LogP contribution in [0.2, 0.25) is 0 Å². The molecule has 0 saturated heterocycles. The van der Waals surface area contributed by atoms with E-state index in [-0.39, 0.29) is 5.56 Å². The molecule has 1 aliphatic rings. The Morgan fingerprint density at radius 3 is 2.53 bits per heavy atom. The van der Waals surface area contributed by atoms with Gasteiger partial charge in [-0.05, 0) is 38.0 Å². The Morgan fingerprint density at radius 2 is 1.95 bits per heavy atom. The molecule has 0 spiro atoms. The fourth-order valence-corrected chi connectivity index (χ4v) is 3.03. The van der Waals surface area contributed by atoms with Crippen LogP contribution in [0.4, 0.5) is 20.2 Å². The average molecular weight is 268 g/mol. The lowest BCUT2D eigenvalue weighted by atomic mass is 9.93. The van der Waals surface area contributed by atoms with Gasteiger partial charge in [0.25, 0.3) is 6.43 Å². The average Bonchev–Trinajstić information content (AvgIpc) is 2.42. The van der Waals surface area contributed by atoms with Crippen LogP contribution < -0.4 is 10.6 Å². The molecule has 0 aromatic heterocycles. The van der Waals surface area contributed by atoms with Gasteiger partial charge in [-0.3, -0.25) is 0 Å². The van der Waals surface area contributed by atoms with Crippen LogP contribution in [-0.2, 0) is 0 Å². The molecule has 2 nitrogen and oxygen atoms in total. The third-order valence-corrected chi connectivity index (χ3v) is 3.95. The second kappa shape index (κ2) is 6.22. The molecule has 2 rings (SSSR count). The standard InChI is InChI=1S/C15H22F2N2/c1-2-19(12-6-4-3-5-7-12)14-9-8-11(18)10-13(14)15(16)17/h8-10,12,15H,2-7,18H2,1H3. The minimum atomic E-state index is -2.48. The zero-order valence-corrected chi connectivity index (χ0v) is 11.4. The summed E-state index contributed by atoms with van der Waals surface area (Å²) in [6.45, 7) is 2.79. The smallest absolute Gasteiger partial charge is 0.265 e. The molecule has 1 saturated carbocycles. The molecule has 1 fully saturated rings. The van der Waals surface area contributed by atoms with Gasteiger partial charge in [0.15, 0.2) is 0 Å². The molecule has 0 aliphatic heterocycles. The molecule has 0 radical (unpaired) electrons. The second-order valence-electron chi connectivity index (χ2n) is 5.20. The van der Waals surface area contributed by atoms with Gasteiger partial charge in [0.2, 0.25) is 0 Å². The first-order valence-corrected chi connectivity index (χ1v) is 7.07. The predicted molar refractivity (Wildman–Crippen MR) is 75.7 cm³/mol. The largest absolute Gasteiger partial charge is 0.399 e. The molecule has 0 unspecified atom stereocenters. The molecule has 1 aliphatic carbocycles. The number of benzene rings is 1. The van der Waals surface area contributed by atoms with Crippen molar-refractivity contribution in [3.63, 3.8) is 0 Å². The molecule has 4 heteroatoms. The van der Waals surface area contributed by atoms with Crippen LogP contribution in [0.3, 0.4) is 0 Å². The Balaban J connectivity index is 2.31. The Hall–Kier alpha value is -1.32. The van der Waals surface area contributed by atoms with E-state index in [1.807, 2.05) is 6.92 Å². The van der Waals surface area contributed by atoms with Crippen molar-refractivity contribution in [2.75, 3.05) is 17.2 Å². The molecular formula is C15H22F2N2. The van der Waals surface area contributed by atoms with Crippen LogP contribution in [0.15, 0.2) is 18.2 Å². The number of hydrogen-bond donors (Lipinski definition) is 1. The quantitative estimate of drug-likeness (QED) is 0.822. The van der Waals surface area contributed by atoms with Gasteiger partial charge in [-0.1, -0.05) is 19.3 Å². The summed E-state index contributed by atoms with van der Waals surface area (Å²) in [5.74, 6) is 0. The van der Waals surface area contributed by atoms with Gasteiger partial charge >= 0.3 is 0 Å². The molecule has 0 amide bonds. The van der Waals surface area contributed by atoms with E-state index >= 15 is 0 Å². The maximum atomic E-state index is 13.2. The summed E-state index contributed by atoms with van der Waals surface area (Å²) in [4.78, 5) is 2.13. The first kappa shape index (κ1) is 14.1. The van der Waals surface area contributed by atoms with Crippen LogP contribution in [0.5, 0.6) is 0 Å². The lowest BCUT2D eigenvalue weighted by Gasteiger charge is -2.36. The topological polar surface area (TPSA) is 29.3 Å². The highest BCUT2D eigenvalue weighted by Crippen LogP contribution is 2.35. The van der Waals surface area contributed by atoms with Crippen molar-refractivity contribution in [1.82, 2.24) is 0 Å². The SMILES string of the molecule is CCN(c1ccc(N)cc1C(F)F)C1CCCCC1. The lowest BCUT2D eigenvalue weighted by molar-refractivity contribution is 0.151. The fourth-order valence-electron chi connectivity index (χ4n) is 3.03. The van der Waals surface area contributed by atoms with Gasteiger partial charge in [0, 0.05) is 29.5 Å². The van der Waals surface area contributed by atoms with Crippen LogP contribution >= 0.6 is 0 Å². The van der Waals surface area contributed by atoms with E-state index < -0.39 is 6.43 Å². The highest BCUT2D eigenvalue weighted by Gasteiger charge is 2.24. The monoisotopic (exact) mass is 268 g/mol. The second-order valence-corrected chi connectivity index (χ2v) is 5.20. The third kappa shape index (κ3) is 3.17. The maximum absolute atomic E-state index is 13.2. The van der Waals surface area contributed by atoms with Crippen molar-refractivity contribution in [1.29, 1.82) is 0 Å². The van der Waals surface area contributed by atoms with Crippen molar-refractivity contribution in [2.45, 2.75) is 51.5 Å². The Labute approximate surface area is 113 Å². The summed E-state index contributed by atoms with van der Waals surface area (Å²) in [5, 5.41) is 0. The zero-order valence-electron chi connectivity index (χ0n) is 11.4. The highest BCUT2D eigenvalue weighted by molar-refractivity contribution is 5.60. The number of anilines is 2. The summed E-state index contributed by atoms with van der Waals surface area (Å²) < 4.78 is 26.4.